The van der Waals surface area contributed by atoms with E-state index in [0.717, 1.165) is 29.5 Å². The van der Waals surface area contributed by atoms with Gasteiger partial charge in [-0.25, -0.2) is 8.78 Å². The Balaban J connectivity index is 1.21. The predicted molar refractivity (Wildman–Crippen MR) is 110 cm³/mol. The number of hydrogen-bond acceptors (Lipinski definition) is 6. The van der Waals surface area contributed by atoms with Gasteiger partial charge in [-0.15, -0.1) is 0 Å². The number of nitrogens with two attached hydrogens (primary N) is 1. The van der Waals surface area contributed by atoms with Gasteiger partial charge >= 0.3 is 0 Å². The van der Waals surface area contributed by atoms with E-state index >= 15 is 0 Å². The summed E-state index contributed by atoms with van der Waals surface area (Å²) in [5.41, 5.74) is 8.61. The van der Waals surface area contributed by atoms with Crippen molar-refractivity contribution in [1.82, 2.24) is 19.6 Å². The van der Waals surface area contributed by atoms with Gasteiger partial charge < -0.3 is 20.1 Å². The molecule has 0 saturated carbocycles. The highest BCUT2D eigenvalue weighted by molar-refractivity contribution is 5.76. The van der Waals surface area contributed by atoms with Crippen LogP contribution in [-0.2, 0) is 33.9 Å². The first kappa shape index (κ1) is 21.4. The summed E-state index contributed by atoms with van der Waals surface area (Å²) in [5.74, 6) is -0.977. The summed E-state index contributed by atoms with van der Waals surface area (Å²) in [6.45, 7) is 4.28. The fourth-order valence-electron chi connectivity index (χ4n) is 4.82. The van der Waals surface area contributed by atoms with Crippen LogP contribution in [0.15, 0.2) is 24.4 Å². The lowest BCUT2D eigenvalue weighted by molar-refractivity contribution is -0.136. The van der Waals surface area contributed by atoms with Crippen LogP contribution in [0, 0.1) is 11.6 Å². The number of benzene rings is 1. The van der Waals surface area contributed by atoms with Gasteiger partial charge in [-0.3, -0.25) is 14.4 Å². The first-order chi connectivity index (χ1) is 15.5. The van der Waals surface area contributed by atoms with Crippen molar-refractivity contribution in [2.75, 3.05) is 32.9 Å². The van der Waals surface area contributed by atoms with Gasteiger partial charge in [0.05, 0.1) is 31.7 Å². The molecule has 2 fully saturated rings. The van der Waals surface area contributed by atoms with Gasteiger partial charge in [0.25, 0.3) is 0 Å². The number of hydrogen-bond donors (Lipinski definition) is 1. The van der Waals surface area contributed by atoms with Gasteiger partial charge in [0.15, 0.2) is 0 Å². The van der Waals surface area contributed by atoms with E-state index in [1.807, 2.05) is 11.1 Å². The number of carbonyl (C=O) groups is 1. The van der Waals surface area contributed by atoms with Crippen LogP contribution in [0.4, 0.5) is 8.78 Å². The van der Waals surface area contributed by atoms with E-state index in [0.29, 0.717) is 52.4 Å². The molecule has 1 aromatic heterocycles. The number of halogens is 2. The number of morpholine rings is 1. The smallest absolute Gasteiger partial charge is 0.244 e. The first-order valence-electron chi connectivity index (χ1n) is 10.9. The average Bonchev–Trinajstić information content (AvgIpc) is 3.38. The minimum atomic E-state index is -0.673. The molecule has 32 heavy (non-hydrogen) atoms. The standard InChI is InChI=1S/C22H27F2N5O3/c23-15-1-2-18(24)17(7-15)22-19(25)8-16(13-32-22)28-10-14-9-26-29(20(14)11-28)12-21(30)27-3-5-31-6-4-27/h1-2,7,9,16,19,22H,3-6,8,10-13,25H2/t16-,19+,22-/m1/s1. The summed E-state index contributed by atoms with van der Waals surface area (Å²) in [6.07, 6.45) is 1.75. The second kappa shape index (κ2) is 8.86. The van der Waals surface area contributed by atoms with Gasteiger partial charge in [0, 0.05) is 49.4 Å². The van der Waals surface area contributed by atoms with Crippen LogP contribution in [0.2, 0.25) is 0 Å². The molecule has 0 aliphatic carbocycles. The van der Waals surface area contributed by atoms with E-state index in [9.17, 15) is 13.6 Å². The molecule has 3 aliphatic rings. The van der Waals surface area contributed by atoms with Gasteiger partial charge in [-0.2, -0.15) is 5.10 Å². The maximum absolute atomic E-state index is 14.2. The molecule has 0 spiro atoms. The van der Waals surface area contributed by atoms with Crippen molar-refractivity contribution in [3.63, 3.8) is 0 Å². The van der Waals surface area contributed by atoms with Crippen molar-refractivity contribution in [3.8, 4) is 0 Å². The number of fused-ring (bicyclic) bond motifs is 1. The molecule has 0 bridgehead atoms. The molecule has 0 unspecified atom stereocenters. The van der Waals surface area contributed by atoms with Crippen LogP contribution in [-0.4, -0.2) is 70.5 Å². The molecule has 172 valence electrons. The molecule has 3 atom stereocenters. The summed E-state index contributed by atoms with van der Waals surface area (Å²) < 4.78 is 40.8. The molecule has 4 heterocycles. The number of amides is 1. The van der Waals surface area contributed by atoms with E-state index in [4.69, 9.17) is 15.2 Å². The Morgan fingerprint density at radius 2 is 2.03 bits per heavy atom. The van der Waals surface area contributed by atoms with E-state index in [-0.39, 0.29) is 24.1 Å². The van der Waals surface area contributed by atoms with E-state index in [2.05, 4.69) is 10.00 Å². The van der Waals surface area contributed by atoms with Crippen LogP contribution >= 0.6 is 0 Å². The maximum Gasteiger partial charge on any atom is 0.244 e. The van der Waals surface area contributed by atoms with Crippen molar-refractivity contribution < 1.29 is 23.0 Å². The molecule has 5 rings (SSSR count). The van der Waals surface area contributed by atoms with Gasteiger partial charge in [0.1, 0.15) is 24.3 Å². The Morgan fingerprint density at radius 3 is 2.81 bits per heavy atom. The Kier molecular flexibility index (Phi) is 5.93. The third kappa shape index (κ3) is 4.15. The molecule has 1 amide bonds. The fourth-order valence-corrected chi connectivity index (χ4v) is 4.82. The Labute approximate surface area is 184 Å². The maximum atomic E-state index is 14.2. The summed E-state index contributed by atoms with van der Waals surface area (Å²) >= 11 is 0. The minimum absolute atomic E-state index is 0.0423. The zero-order chi connectivity index (χ0) is 22.2. The molecule has 10 heteroatoms. The third-order valence-corrected chi connectivity index (χ3v) is 6.59. The van der Waals surface area contributed by atoms with Gasteiger partial charge in [-0.05, 0) is 24.6 Å². The molecule has 8 nitrogen and oxygen atoms in total. The molecule has 0 radical (unpaired) electrons. The molecule has 3 aliphatic heterocycles. The Bertz CT molecular complexity index is 994. The van der Waals surface area contributed by atoms with Crippen molar-refractivity contribution in [3.05, 3.63) is 52.9 Å². The Hall–Kier alpha value is -2.40. The minimum Gasteiger partial charge on any atom is -0.378 e. The zero-order valence-corrected chi connectivity index (χ0v) is 17.8. The predicted octanol–water partition coefficient (Wildman–Crippen LogP) is 1.19. The number of aromatic nitrogens is 2. The molecule has 2 N–H and O–H groups in total. The average molecular weight is 447 g/mol. The number of carbonyl (C=O) groups excluding carboxylic acids is 1. The number of rotatable bonds is 4. The summed E-state index contributed by atoms with van der Waals surface area (Å²) in [4.78, 5) is 16.7. The van der Waals surface area contributed by atoms with Crippen molar-refractivity contribution in [2.24, 2.45) is 5.73 Å². The third-order valence-electron chi connectivity index (χ3n) is 6.59. The molecule has 2 aromatic rings. The lowest BCUT2D eigenvalue weighted by atomic mass is 9.93. The highest BCUT2D eigenvalue weighted by Gasteiger charge is 2.37. The van der Waals surface area contributed by atoms with E-state index in [1.165, 1.54) is 0 Å². The monoisotopic (exact) mass is 447 g/mol. The summed E-state index contributed by atoms with van der Waals surface area (Å²) in [5, 5.41) is 4.41. The van der Waals surface area contributed by atoms with Crippen LogP contribution < -0.4 is 5.73 Å². The second-order valence-electron chi connectivity index (χ2n) is 8.65. The zero-order valence-electron chi connectivity index (χ0n) is 17.8. The largest absolute Gasteiger partial charge is 0.378 e. The second-order valence-corrected chi connectivity index (χ2v) is 8.65. The highest BCUT2D eigenvalue weighted by Crippen LogP contribution is 2.34. The van der Waals surface area contributed by atoms with E-state index in [1.54, 1.807) is 4.68 Å². The normalized spacial score (nSPS) is 26.3. The quantitative estimate of drug-likeness (QED) is 0.758. The number of ether oxygens (including phenoxy) is 2. The number of nitrogens with zero attached hydrogens (tertiary/aromatic N) is 4. The molecule has 2 saturated heterocycles. The first-order valence-corrected chi connectivity index (χ1v) is 10.9. The molecular formula is C22H27F2N5O3. The highest BCUT2D eigenvalue weighted by atomic mass is 19.1. The van der Waals surface area contributed by atoms with Crippen molar-refractivity contribution >= 4 is 5.91 Å². The molecular weight excluding hydrogens is 420 g/mol. The summed E-state index contributed by atoms with van der Waals surface area (Å²) in [7, 11) is 0. The lowest BCUT2D eigenvalue weighted by Gasteiger charge is -2.38. The van der Waals surface area contributed by atoms with Crippen LogP contribution in [0.3, 0.4) is 0 Å². The Morgan fingerprint density at radius 1 is 1.22 bits per heavy atom. The van der Waals surface area contributed by atoms with Crippen LogP contribution in [0.1, 0.15) is 29.3 Å². The van der Waals surface area contributed by atoms with Crippen LogP contribution in [0.25, 0.3) is 0 Å². The summed E-state index contributed by atoms with van der Waals surface area (Å²) in [6, 6.07) is 2.95. The van der Waals surface area contributed by atoms with Gasteiger partial charge in [0.2, 0.25) is 5.91 Å². The van der Waals surface area contributed by atoms with Gasteiger partial charge in [-0.1, -0.05) is 0 Å². The lowest BCUT2D eigenvalue weighted by Crippen LogP contribution is -2.48. The topological polar surface area (TPSA) is 85.9 Å². The fraction of sp³-hybridized carbons (Fsp3) is 0.545. The van der Waals surface area contributed by atoms with Crippen LogP contribution in [0.5, 0.6) is 0 Å². The SMILES string of the molecule is N[C@H]1C[C@@H](N2Cc3cnn(CC(=O)N4CCOCC4)c3C2)CO[C@@H]1c1cc(F)ccc1F. The van der Waals surface area contributed by atoms with Crippen molar-refractivity contribution in [1.29, 1.82) is 0 Å². The molecule has 1 aromatic carbocycles. The van der Waals surface area contributed by atoms with Crippen molar-refractivity contribution in [2.45, 2.75) is 44.2 Å². The van der Waals surface area contributed by atoms with E-state index < -0.39 is 23.8 Å².